The van der Waals surface area contributed by atoms with E-state index < -0.39 is 0 Å². The molecule has 0 unspecified atom stereocenters. The van der Waals surface area contributed by atoms with E-state index in [0.29, 0.717) is 5.41 Å². The summed E-state index contributed by atoms with van der Waals surface area (Å²) in [7, 11) is 0. The zero-order valence-electron chi connectivity index (χ0n) is 12.5. The number of aromatic nitrogens is 1. The van der Waals surface area contributed by atoms with Crippen molar-refractivity contribution in [3.63, 3.8) is 0 Å². The third-order valence-corrected chi connectivity index (χ3v) is 4.53. The van der Waals surface area contributed by atoms with E-state index in [1.54, 1.807) is 0 Å². The minimum Gasteiger partial charge on any atom is -0.355 e. The maximum atomic E-state index is 6.45. The molecule has 2 fully saturated rings. The summed E-state index contributed by atoms with van der Waals surface area (Å²) in [5, 5.41) is 4.29. The molecule has 0 atom stereocenters. The summed E-state index contributed by atoms with van der Waals surface area (Å²) in [6, 6.07) is 2.79. The minimum absolute atomic E-state index is 0.357. The Morgan fingerprint density at radius 1 is 1.45 bits per heavy atom. The summed E-state index contributed by atoms with van der Waals surface area (Å²) in [6.45, 7) is 7.63. The summed E-state index contributed by atoms with van der Waals surface area (Å²) in [5.41, 5.74) is 1.54. The van der Waals surface area contributed by atoms with Gasteiger partial charge in [-0.25, -0.2) is 4.98 Å². The largest absolute Gasteiger partial charge is 0.355 e. The lowest BCUT2D eigenvalue weighted by atomic mass is 9.84. The fourth-order valence-electron chi connectivity index (χ4n) is 2.95. The van der Waals surface area contributed by atoms with Gasteiger partial charge in [0.1, 0.15) is 5.82 Å². The van der Waals surface area contributed by atoms with Crippen LogP contribution >= 0.6 is 11.6 Å². The van der Waals surface area contributed by atoms with E-state index in [-0.39, 0.29) is 0 Å². The van der Waals surface area contributed by atoms with Crippen molar-refractivity contribution in [3.05, 3.63) is 22.8 Å². The molecule has 1 aliphatic carbocycles. The number of nitrogens with one attached hydrogen (secondary N) is 1. The van der Waals surface area contributed by atoms with Crippen molar-refractivity contribution >= 4 is 17.4 Å². The van der Waals surface area contributed by atoms with Gasteiger partial charge in [-0.05, 0) is 42.7 Å². The molecule has 1 aromatic rings. The molecular weight excluding hydrogens is 270 g/mol. The van der Waals surface area contributed by atoms with Crippen LogP contribution in [-0.4, -0.2) is 24.1 Å². The average molecular weight is 294 g/mol. The first-order valence-corrected chi connectivity index (χ1v) is 8.04. The molecule has 4 heteroatoms. The molecule has 3 nitrogen and oxygen atoms in total. The van der Waals surface area contributed by atoms with Gasteiger partial charge in [0, 0.05) is 31.9 Å². The second-order valence-electron chi connectivity index (χ2n) is 6.99. The summed E-state index contributed by atoms with van der Waals surface area (Å²) in [4.78, 5) is 6.96. The standard InChI is InChI=1S/C16H24ClN3/c1-16(2)6-3-7-20(11-16)15-14(17)8-12(10-19-15)9-18-13-4-5-13/h8,10,13,18H,3-7,9,11H2,1-2H3. The van der Waals surface area contributed by atoms with Crippen molar-refractivity contribution in [2.24, 2.45) is 5.41 Å². The maximum Gasteiger partial charge on any atom is 0.147 e. The van der Waals surface area contributed by atoms with Crippen molar-refractivity contribution in [1.82, 2.24) is 10.3 Å². The molecule has 2 heterocycles. The van der Waals surface area contributed by atoms with Crippen LogP contribution in [-0.2, 0) is 6.54 Å². The predicted octanol–water partition coefficient (Wildman–Crippen LogP) is 3.61. The quantitative estimate of drug-likeness (QED) is 0.919. The molecule has 20 heavy (non-hydrogen) atoms. The third kappa shape index (κ3) is 3.44. The van der Waals surface area contributed by atoms with E-state index in [9.17, 15) is 0 Å². The lowest BCUT2D eigenvalue weighted by Gasteiger charge is -2.39. The lowest BCUT2D eigenvalue weighted by molar-refractivity contribution is 0.292. The van der Waals surface area contributed by atoms with E-state index in [1.165, 1.54) is 31.2 Å². The van der Waals surface area contributed by atoms with Crippen LogP contribution < -0.4 is 10.2 Å². The molecule has 1 saturated carbocycles. The van der Waals surface area contributed by atoms with Crippen LogP contribution in [0.25, 0.3) is 0 Å². The Morgan fingerprint density at radius 3 is 2.90 bits per heavy atom. The normalized spacial score (nSPS) is 22.1. The van der Waals surface area contributed by atoms with Gasteiger partial charge in [-0.15, -0.1) is 0 Å². The molecule has 1 N–H and O–H groups in total. The molecule has 0 amide bonds. The first-order valence-electron chi connectivity index (χ1n) is 7.66. The highest BCUT2D eigenvalue weighted by Crippen LogP contribution is 2.33. The van der Waals surface area contributed by atoms with Gasteiger partial charge >= 0.3 is 0 Å². The van der Waals surface area contributed by atoms with Crippen LogP contribution in [0.2, 0.25) is 5.02 Å². The Bertz CT molecular complexity index is 483. The van der Waals surface area contributed by atoms with Crippen LogP contribution in [0, 0.1) is 5.41 Å². The Morgan fingerprint density at radius 2 is 2.25 bits per heavy atom. The van der Waals surface area contributed by atoms with Crippen molar-refractivity contribution in [1.29, 1.82) is 0 Å². The SMILES string of the molecule is CC1(C)CCCN(c2ncc(CNC3CC3)cc2Cl)C1. The van der Waals surface area contributed by atoms with Crippen LogP contribution in [0.4, 0.5) is 5.82 Å². The zero-order chi connectivity index (χ0) is 14.2. The molecule has 1 aromatic heterocycles. The Balaban J connectivity index is 1.69. The second-order valence-corrected chi connectivity index (χ2v) is 7.40. The maximum absolute atomic E-state index is 6.45. The molecule has 2 aliphatic rings. The highest BCUT2D eigenvalue weighted by Gasteiger charge is 2.28. The van der Waals surface area contributed by atoms with Gasteiger partial charge in [-0.2, -0.15) is 0 Å². The van der Waals surface area contributed by atoms with Crippen molar-refractivity contribution < 1.29 is 0 Å². The number of pyridine rings is 1. The minimum atomic E-state index is 0.357. The van der Waals surface area contributed by atoms with Crippen LogP contribution in [0.1, 0.15) is 45.1 Å². The van der Waals surface area contributed by atoms with Gasteiger partial charge in [-0.3, -0.25) is 0 Å². The Kier molecular flexibility index (Phi) is 3.91. The summed E-state index contributed by atoms with van der Waals surface area (Å²) in [5.74, 6) is 0.953. The first-order chi connectivity index (χ1) is 9.53. The Hall–Kier alpha value is -0.800. The van der Waals surface area contributed by atoms with Gasteiger partial charge < -0.3 is 10.2 Å². The smallest absolute Gasteiger partial charge is 0.147 e. The van der Waals surface area contributed by atoms with Gasteiger partial charge in [0.25, 0.3) is 0 Å². The fourth-order valence-corrected chi connectivity index (χ4v) is 3.26. The van der Waals surface area contributed by atoms with Crippen molar-refractivity contribution in [2.75, 3.05) is 18.0 Å². The Labute approximate surface area is 126 Å². The lowest BCUT2D eigenvalue weighted by Crippen LogP contribution is -2.40. The summed E-state index contributed by atoms with van der Waals surface area (Å²) in [6.07, 6.45) is 7.09. The van der Waals surface area contributed by atoms with E-state index in [4.69, 9.17) is 11.6 Å². The molecule has 0 aromatic carbocycles. The van der Waals surface area contributed by atoms with Gasteiger partial charge in [-0.1, -0.05) is 25.4 Å². The number of rotatable bonds is 4. The number of hydrogen-bond acceptors (Lipinski definition) is 3. The van der Waals surface area contributed by atoms with E-state index in [1.807, 2.05) is 6.20 Å². The highest BCUT2D eigenvalue weighted by molar-refractivity contribution is 6.33. The van der Waals surface area contributed by atoms with E-state index in [0.717, 1.165) is 36.5 Å². The van der Waals surface area contributed by atoms with E-state index >= 15 is 0 Å². The molecule has 0 spiro atoms. The van der Waals surface area contributed by atoms with Crippen LogP contribution in [0.15, 0.2) is 12.3 Å². The highest BCUT2D eigenvalue weighted by atomic mass is 35.5. The van der Waals surface area contributed by atoms with E-state index in [2.05, 4.69) is 35.1 Å². The van der Waals surface area contributed by atoms with Crippen LogP contribution in [0.3, 0.4) is 0 Å². The van der Waals surface area contributed by atoms with Crippen LogP contribution in [0.5, 0.6) is 0 Å². The topological polar surface area (TPSA) is 28.2 Å². The summed E-state index contributed by atoms with van der Waals surface area (Å²) >= 11 is 6.45. The fraction of sp³-hybridized carbons (Fsp3) is 0.688. The molecule has 1 aliphatic heterocycles. The average Bonchev–Trinajstić information content (AvgIpc) is 3.19. The molecule has 1 saturated heterocycles. The second kappa shape index (κ2) is 5.53. The number of halogens is 1. The monoisotopic (exact) mass is 293 g/mol. The van der Waals surface area contributed by atoms with Gasteiger partial charge in [0.2, 0.25) is 0 Å². The molecular formula is C16H24ClN3. The molecule has 0 radical (unpaired) electrons. The molecule has 3 rings (SSSR count). The van der Waals surface area contributed by atoms with Crippen molar-refractivity contribution in [3.8, 4) is 0 Å². The number of anilines is 1. The number of hydrogen-bond donors (Lipinski definition) is 1. The number of piperidine rings is 1. The third-order valence-electron chi connectivity index (χ3n) is 4.25. The van der Waals surface area contributed by atoms with Gasteiger partial charge in [0.15, 0.2) is 0 Å². The predicted molar refractivity (Wildman–Crippen MR) is 84.3 cm³/mol. The first kappa shape index (κ1) is 14.2. The number of nitrogens with zero attached hydrogens (tertiary/aromatic N) is 2. The van der Waals surface area contributed by atoms with Gasteiger partial charge in [0.05, 0.1) is 5.02 Å². The summed E-state index contributed by atoms with van der Waals surface area (Å²) < 4.78 is 0. The van der Waals surface area contributed by atoms with Crippen molar-refractivity contribution in [2.45, 2.75) is 52.1 Å². The molecule has 110 valence electrons. The zero-order valence-corrected chi connectivity index (χ0v) is 13.2. The molecule has 0 bridgehead atoms.